The Morgan fingerprint density at radius 2 is 1.90 bits per heavy atom. The molecular weight excluding hydrogens is 262 g/mol. The molecule has 0 aromatic heterocycles. The minimum Gasteiger partial charge on any atom is -0.467 e. The second kappa shape index (κ2) is 4.92. The number of hydrogen-bond donors (Lipinski definition) is 0. The van der Waals surface area contributed by atoms with Gasteiger partial charge in [-0.1, -0.05) is 0 Å². The largest absolute Gasteiger partial charge is 0.467 e. The number of carbonyl (C=O) groups excluding carboxylic acids is 3. The van der Waals surface area contributed by atoms with Crippen molar-refractivity contribution in [3.05, 3.63) is 11.3 Å². The number of amides is 1. The quantitative estimate of drug-likeness (QED) is 0.685. The minimum atomic E-state index is -0.788. The van der Waals surface area contributed by atoms with E-state index in [0.29, 0.717) is 24.1 Å². The van der Waals surface area contributed by atoms with Crippen LogP contribution < -0.4 is 0 Å². The van der Waals surface area contributed by atoms with E-state index in [1.165, 1.54) is 12.0 Å². The van der Waals surface area contributed by atoms with Crippen molar-refractivity contribution in [2.45, 2.75) is 51.7 Å². The predicted octanol–water partition coefficient (Wildman–Crippen LogP) is 1.79. The lowest BCUT2D eigenvalue weighted by atomic mass is 10.1. The van der Waals surface area contributed by atoms with Gasteiger partial charge in [0.1, 0.15) is 11.6 Å². The maximum atomic E-state index is 12.3. The standard InChI is InChI=1S/C14H19NO5/c1-14(2,3)20-13(18)15-9-5-6-11(16)8(9)7-10(15)12(17)19-4/h10H,5-7H2,1-4H3/t10-/m1/s1. The number of esters is 1. The molecule has 0 N–H and O–H groups in total. The maximum Gasteiger partial charge on any atom is 0.415 e. The summed E-state index contributed by atoms with van der Waals surface area (Å²) in [7, 11) is 1.26. The molecule has 0 bridgehead atoms. The molecule has 2 aliphatic rings. The molecule has 20 heavy (non-hydrogen) atoms. The fourth-order valence-corrected chi connectivity index (χ4v) is 2.54. The molecule has 6 nitrogen and oxygen atoms in total. The lowest BCUT2D eigenvalue weighted by Crippen LogP contribution is -2.44. The summed E-state index contributed by atoms with van der Waals surface area (Å²) in [4.78, 5) is 37.2. The SMILES string of the molecule is COC(=O)[C@H]1CC2=C(CCC2=O)N1C(=O)OC(C)(C)C. The van der Waals surface area contributed by atoms with Crippen molar-refractivity contribution in [3.8, 4) is 0 Å². The van der Waals surface area contributed by atoms with Crippen LogP contribution in [-0.4, -0.2) is 41.5 Å². The second-order valence-electron chi connectivity index (χ2n) is 5.94. The molecular formula is C14H19NO5. The van der Waals surface area contributed by atoms with Crippen LogP contribution in [0.5, 0.6) is 0 Å². The Balaban J connectivity index is 2.29. The van der Waals surface area contributed by atoms with E-state index in [1.807, 2.05) is 0 Å². The van der Waals surface area contributed by atoms with Crippen molar-refractivity contribution in [1.82, 2.24) is 4.90 Å². The number of allylic oxidation sites excluding steroid dienone is 1. The van der Waals surface area contributed by atoms with Crippen molar-refractivity contribution >= 4 is 17.8 Å². The summed E-state index contributed by atoms with van der Waals surface area (Å²) in [6.45, 7) is 5.26. The number of methoxy groups -OCH3 is 1. The third-order valence-corrected chi connectivity index (χ3v) is 3.34. The van der Waals surface area contributed by atoms with Crippen LogP contribution in [0.15, 0.2) is 11.3 Å². The first-order chi connectivity index (χ1) is 9.24. The van der Waals surface area contributed by atoms with Gasteiger partial charge in [0.15, 0.2) is 5.78 Å². The summed E-state index contributed by atoms with van der Waals surface area (Å²) in [5, 5.41) is 0. The van der Waals surface area contributed by atoms with Gasteiger partial charge in [-0.05, 0) is 27.2 Å². The van der Waals surface area contributed by atoms with E-state index in [4.69, 9.17) is 9.47 Å². The number of likely N-dealkylation sites (tertiary alicyclic amines) is 1. The zero-order chi connectivity index (χ0) is 15.1. The number of carbonyl (C=O) groups is 3. The van der Waals surface area contributed by atoms with Crippen molar-refractivity contribution < 1.29 is 23.9 Å². The molecule has 0 fully saturated rings. The molecule has 6 heteroatoms. The number of nitrogens with zero attached hydrogens (tertiary/aromatic N) is 1. The molecule has 0 saturated heterocycles. The Morgan fingerprint density at radius 3 is 2.45 bits per heavy atom. The molecule has 1 heterocycles. The minimum absolute atomic E-state index is 0.0000354. The highest BCUT2D eigenvalue weighted by atomic mass is 16.6. The summed E-state index contributed by atoms with van der Waals surface area (Å²) >= 11 is 0. The van der Waals surface area contributed by atoms with Gasteiger partial charge < -0.3 is 9.47 Å². The average Bonchev–Trinajstić information content (AvgIpc) is 2.86. The van der Waals surface area contributed by atoms with Gasteiger partial charge in [0.2, 0.25) is 0 Å². The molecule has 0 spiro atoms. The Kier molecular flexibility index (Phi) is 3.58. The first-order valence-corrected chi connectivity index (χ1v) is 6.60. The van der Waals surface area contributed by atoms with Gasteiger partial charge >= 0.3 is 12.1 Å². The lowest BCUT2D eigenvalue weighted by molar-refractivity contribution is -0.145. The molecule has 0 aromatic rings. The maximum absolute atomic E-state index is 12.3. The Labute approximate surface area is 117 Å². The average molecular weight is 281 g/mol. The smallest absolute Gasteiger partial charge is 0.415 e. The molecule has 1 amide bonds. The highest BCUT2D eigenvalue weighted by Crippen LogP contribution is 2.39. The van der Waals surface area contributed by atoms with Crippen molar-refractivity contribution in [2.75, 3.05) is 7.11 Å². The highest BCUT2D eigenvalue weighted by Gasteiger charge is 2.46. The summed E-state index contributed by atoms with van der Waals surface area (Å²) in [6.07, 6.45) is 0.478. The van der Waals surface area contributed by atoms with Crippen LogP contribution in [0.3, 0.4) is 0 Å². The van der Waals surface area contributed by atoms with E-state index < -0.39 is 23.7 Å². The Morgan fingerprint density at radius 1 is 1.25 bits per heavy atom. The molecule has 0 unspecified atom stereocenters. The van der Waals surface area contributed by atoms with Crippen LogP contribution in [-0.2, 0) is 19.1 Å². The topological polar surface area (TPSA) is 72.9 Å². The molecule has 0 saturated carbocycles. The number of Topliss-reactive ketones (excluding diaryl/α,β-unsaturated/α-hetero) is 1. The number of ketones is 1. The fraction of sp³-hybridized carbons (Fsp3) is 0.643. The molecule has 110 valence electrons. The van der Waals surface area contributed by atoms with E-state index in [1.54, 1.807) is 20.8 Å². The van der Waals surface area contributed by atoms with Gasteiger partial charge in [-0.15, -0.1) is 0 Å². The molecule has 1 aliphatic carbocycles. The monoisotopic (exact) mass is 281 g/mol. The van der Waals surface area contributed by atoms with E-state index in [2.05, 4.69) is 0 Å². The predicted molar refractivity (Wildman–Crippen MR) is 69.8 cm³/mol. The fourth-order valence-electron chi connectivity index (χ4n) is 2.54. The van der Waals surface area contributed by atoms with Gasteiger partial charge in [0.05, 0.1) is 7.11 Å². The number of ether oxygens (including phenoxy) is 2. The molecule has 2 rings (SSSR count). The summed E-state index contributed by atoms with van der Waals surface area (Å²) in [5.41, 5.74) is 0.509. The van der Waals surface area contributed by atoms with E-state index in [-0.39, 0.29) is 12.2 Å². The number of hydrogen-bond acceptors (Lipinski definition) is 5. The van der Waals surface area contributed by atoms with Gasteiger partial charge in [0, 0.05) is 24.1 Å². The zero-order valence-electron chi connectivity index (χ0n) is 12.2. The van der Waals surface area contributed by atoms with Crippen molar-refractivity contribution in [1.29, 1.82) is 0 Å². The van der Waals surface area contributed by atoms with Crippen LogP contribution in [0.25, 0.3) is 0 Å². The molecule has 1 aliphatic heterocycles. The Hall–Kier alpha value is -1.85. The van der Waals surface area contributed by atoms with Crippen LogP contribution >= 0.6 is 0 Å². The first kappa shape index (κ1) is 14.6. The number of rotatable bonds is 1. The summed E-state index contributed by atoms with van der Waals surface area (Å²) < 4.78 is 10.0. The van der Waals surface area contributed by atoms with Crippen LogP contribution in [0.4, 0.5) is 4.79 Å². The van der Waals surface area contributed by atoms with E-state index in [9.17, 15) is 14.4 Å². The van der Waals surface area contributed by atoms with Gasteiger partial charge in [-0.25, -0.2) is 9.59 Å². The normalized spacial score (nSPS) is 22.1. The highest BCUT2D eigenvalue weighted by molar-refractivity contribution is 6.02. The summed E-state index contributed by atoms with van der Waals surface area (Å²) in [5.74, 6) is -0.530. The van der Waals surface area contributed by atoms with Gasteiger partial charge in [0.25, 0.3) is 0 Å². The first-order valence-electron chi connectivity index (χ1n) is 6.60. The van der Waals surface area contributed by atoms with Gasteiger partial charge in [-0.2, -0.15) is 0 Å². The van der Waals surface area contributed by atoms with Crippen LogP contribution in [0, 0.1) is 0 Å². The van der Waals surface area contributed by atoms with Crippen LogP contribution in [0.1, 0.15) is 40.0 Å². The second-order valence-corrected chi connectivity index (χ2v) is 5.94. The third-order valence-electron chi connectivity index (χ3n) is 3.34. The Bertz CT molecular complexity index is 500. The van der Waals surface area contributed by atoms with E-state index >= 15 is 0 Å². The van der Waals surface area contributed by atoms with Crippen molar-refractivity contribution in [3.63, 3.8) is 0 Å². The summed E-state index contributed by atoms with van der Waals surface area (Å²) in [6, 6.07) is -0.788. The molecule has 0 radical (unpaired) electrons. The van der Waals surface area contributed by atoms with E-state index in [0.717, 1.165) is 0 Å². The zero-order valence-corrected chi connectivity index (χ0v) is 12.2. The molecule has 1 atom stereocenters. The van der Waals surface area contributed by atoms with Gasteiger partial charge in [-0.3, -0.25) is 9.69 Å². The van der Waals surface area contributed by atoms with Crippen molar-refractivity contribution in [2.24, 2.45) is 0 Å². The third kappa shape index (κ3) is 2.55. The van der Waals surface area contributed by atoms with Crippen LogP contribution in [0.2, 0.25) is 0 Å². The molecule has 0 aromatic carbocycles. The lowest BCUT2D eigenvalue weighted by Gasteiger charge is -2.29.